The summed E-state index contributed by atoms with van der Waals surface area (Å²) in [6.45, 7) is 5.30. The topological polar surface area (TPSA) is 35.5 Å². The summed E-state index contributed by atoms with van der Waals surface area (Å²) in [7, 11) is 0. The van der Waals surface area contributed by atoms with E-state index >= 15 is 0 Å². The van der Waals surface area contributed by atoms with Crippen LogP contribution < -0.4 is 0 Å². The van der Waals surface area contributed by atoms with Crippen LogP contribution in [0.1, 0.15) is 13.3 Å². The molecule has 3 nitrogen and oxygen atoms in total. The fourth-order valence-corrected chi connectivity index (χ4v) is 0.813. The fourth-order valence-electron chi connectivity index (χ4n) is 0.813. The molecule has 1 saturated heterocycles. The lowest BCUT2D eigenvalue weighted by Crippen LogP contribution is -2.00. The van der Waals surface area contributed by atoms with Gasteiger partial charge in [-0.1, -0.05) is 6.08 Å². The average molecular weight is 154 g/mol. The van der Waals surface area contributed by atoms with Crippen LogP contribution in [0.2, 0.25) is 0 Å². The van der Waals surface area contributed by atoms with Crippen molar-refractivity contribution in [1.29, 1.82) is 0 Å². The highest BCUT2D eigenvalue weighted by Gasteiger charge is 2.26. The van der Waals surface area contributed by atoms with Crippen molar-refractivity contribution in [1.82, 2.24) is 0 Å². The quantitative estimate of drug-likeness (QED) is 0.450. The third-order valence-electron chi connectivity index (χ3n) is 1.36. The molecule has 11 heavy (non-hydrogen) atoms. The van der Waals surface area contributed by atoms with E-state index in [-0.39, 0.29) is 6.10 Å². The maximum absolute atomic E-state index is 10.5. The van der Waals surface area contributed by atoms with Crippen molar-refractivity contribution in [3.8, 4) is 0 Å². The molecule has 1 aliphatic rings. The van der Waals surface area contributed by atoms with Gasteiger partial charge in [0.25, 0.3) is 0 Å². The molecule has 60 valence electrons. The minimum Gasteiger partial charge on any atom is -0.423 e. The van der Waals surface area contributed by atoms with Gasteiger partial charge >= 0.3 is 6.16 Å². The zero-order chi connectivity index (χ0) is 8.27. The van der Waals surface area contributed by atoms with Crippen molar-refractivity contribution in [2.75, 3.05) is 0 Å². The minimum absolute atomic E-state index is 0.248. The van der Waals surface area contributed by atoms with Gasteiger partial charge in [0.05, 0.1) is 0 Å². The van der Waals surface area contributed by atoms with E-state index in [2.05, 4.69) is 6.58 Å². The van der Waals surface area contributed by atoms with Gasteiger partial charge in [-0.2, -0.15) is 0 Å². The maximum Gasteiger partial charge on any atom is 0.514 e. The highest BCUT2D eigenvalue weighted by molar-refractivity contribution is 5.64. The first-order chi connectivity index (χ1) is 5.24. The molecular weight excluding hydrogens is 144 g/mol. The highest BCUT2D eigenvalue weighted by Crippen LogP contribution is 2.18. The maximum atomic E-state index is 10.5. The first-order valence-electron chi connectivity index (χ1n) is 3.43. The van der Waals surface area contributed by atoms with Crippen LogP contribution in [0.25, 0.3) is 0 Å². The van der Waals surface area contributed by atoms with Crippen LogP contribution in [-0.2, 0) is 9.47 Å². The number of carbonyl (C=O) groups excluding carboxylic acids is 1. The lowest BCUT2D eigenvalue weighted by molar-refractivity contribution is 0.122. The van der Waals surface area contributed by atoms with Gasteiger partial charge in [-0.3, -0.25) is 0 Å². The van der Waals surface area contributed by atoms with Gasteiger partial charge in [-0.15, -0.1) is 6.58 Å². The number of ether oxygens (including phenoxy) is 2. The van der Waals surface area contributed by atoms with E-state index in [4.69, 9.17) is 9.47 Å². The van der Waals surface area contributed by atoms with Gasteiger partial charge in [0.2, 0.25) is 0 Å². The summed E-state index contributed by atoms with van der Waals surface area (Å²) in [5.41, 5.74) is 0. The number of allylic oxidation sites excluding steroid dienone is 2. The second-order valence-corrected chi connectivity index (χ2v) is 2.24. The van der Waals surface area contributed by atoms with Gasteiger partial charge < -0.3 is 9.47 Å². The Morgan fingerprint density at radius 2 is 2.45 bits per heavy atom. The number of carbonyl (C=O) groups is 1. The Bertz CT molecular complexity index is 205. The monoisotopic (exact) mass is 154 g/mol. The molecule has 1 rings (SSSR count). The zero-order valence-corrected chi connectivity index (χ0v) is 6.37. The molecule has 0 radical (unpaired) electrons. The summed E-state index contributed by atoms with van der Waals surface area (Å²) in [5.74, 6) is 0.579. The van der Waals surface area contributed by atoms with Crippen LogP contribution in [0.3, 0.4) is 0 Å². The second kappa shape index (κ2) is 3.23. The molecule has 1 atom stereocenters. The van der Waals surface area contributed by atoms with Crippen LogP contribution in [0.4, 0.5) is 4.79 Å². The smallest absolute Gasteiger partial charge is 0.423 e. The van der Waals surface area contributed by atoms with Crippen LogP contribution in [-0.4, -0.2) is 12.3 Å². The van der Waals surface area contributed by atoms with E-state index in [1.165, 1.54) is 0 Å². The number of hydrogen-bond acceptors (Lipinski definition) is 3. The Labute approximate surface area is 65.3 Å². The molecule has 0 amide bonds. The van der Waals surface area contributed by atoms with E-state index in [0.29, 0.717) is 12.2 Å². The van der Waals surface area contributed by atoms with Crippen LogP contribution in [0, 0.1) is 0 Å². The van der Waals surface area contributed by atoms with Crippen LogP contribution in [0.5, 0.6) is 0 Å². The molecule has 1 fully saturated rings. The molecular formula is C8H10O3. The van der Waals surface area contributed by atoms with Gasteiger partial charge in [0.15, 0.2) is 6.10 Å². The largest absolute Gasteiger partial charge is 0.514 e. The number of rotatable bonds is 2. The lowest BCUT2D eigenvalue weighted by atomic mass is 10.3. The molecule has 0 saturated carbocycles. The third-order valence-corrected chi connectivity index (χ3v) is 1.36. The summed E-state index contributed by atoms with van der Waals surface area (Å²) in [5, 5.41) is 0. The van der Waals surface area contributed by atoms with Gasteiger partial charge in [0.1, 0.15) is 5.76 Å². The first-order valence-corrected chi connectivity index (χ1v) is 3.43. The molecule has 1 unspecified atom stereocenters. The van der Waals surface area contributed by atoms with Crippen molar-refractivity contribution < 1.29 is 14.3 Å². The molecule has 1 aliphatic heterocycles. The van der Waals surface area contributed by atoms with Gasteiger partial charge in [-0.25, -0.2) is 4.79 Å². The summed E-state index contributed by atoms with van der Waals surface area (Å²) in [6.07, 6.45) is 3.33. The Kier molecular flexibility index (Phi) is 2.31. The van der Waals surface area contributed by atoms with Crippen LogP contribution in [0.15, 0.2) is 24.5 Å². The summed E-state index contributed by atoms with van der Waals surface area (Å²) in [4.78, 5) is 10.5. The predicted molar refractivity (Wildman–Crippen MR) is 39.9 cm³/mol. The van der Waals surface area contributed by atoms with Crippen molar-refractivity contribution in [3.05, 3.63) is 24.5 Å². The first kappa shape index (κ1) is 7.85. The summed E-state index contributed by atoms with van der Waals surface area (Å²) < 4.78 is 9.43. The second-order valence-electron chi connectivity index (χ2n) is 2.24. The standard InChI is InChI=1S/C8H10O3/c1-3-4-5-7-6(2)10-8(9)11-7/h3,5-6H,1,4H2,2H3/b7-5-. The summed E-state index contributed by atoms with van der Waals surface area (Å²) >= 11 is 0. The molecule has 0 bridgehead atoms. The van der Waals surface area contributed by atoms with Crippen molar-refractivity contribution in [3.63, 3.8) is 0 Å². The van der Waals surface area contributed by atoms with Gasteiger partial charge in [0, 0.05) is 0 Å². The van der Waals surface area contributed by atoms with E-state index < -0.39 is 6.16 Å². The predicted octanol–water partition coefficient (Wildman–Crippen LogP) is 2.00. The number of cyclic esters (lactones) is 2. The van der Waals surface area contributed by atoms with E-state index in [1.807, 2.05) is 0 Å². The molecule has 1 heterocycles. The SMILES string of the molecule is C=CC/C=C1\OC(=O)OC1C. The Morgan fingerprint density at radius 3 is 2.91 bits per heavy atom. The Balaban J connectivity index is 2.58. The van der Waals surface area contributed by atoms with Gasteiger partial charge in [-0.05, 0) is 19.4 Å². The van der Waals surface area contributed by atoms with E-state index in [1.54, 1.807) is 19.1 Å². The summed E-state index contributed by atoms with van der Waals surface area (Å²) in [6, 6.07) is 0. The molecule has 0 N–H and O–H groups in total. The molecule has 0 aromatic rings. The molecule has 0 spiro atoms. The van der Waals surface area contributed by atoms with E-state index in [9.17, 15) is 4.79 Å². The fraction of sp³-hybridized carbons (Fsp3) is 0.375. The molecule has 0 aromatic heterocycles. The van der Waals surface area contributed by atoms with Crippen molar-refractivity contribution in [2.24, 2.45) is 0 Å². The molecule has 0 aliphatic carbocycles. The normalized spacial score (nSPS) is 26.5. The average Bonchev–Trinajstić information content (AvgIpc) is 2.26. The lowest BCUT2D eigenvalue weighted by Gasteiger charge is -1.96. The molecule has 3 heteroatoms. The highest BCUT2D eigenvalue weighted by atomic mass is 16.8. The third kappa shape index (κ3) is 1.83. The van der Waals surface area contributed by atoms with Crippen molar-refractivity contribution in [2.45, 2.75) is 19.4 Å². The Morgan fingerprint density at radius 1 is 1.73 bits per heavy atom. The number of hydrogen-bond donors (Lipinski definition) is 0. The van der Waals surface area contributed by atoms with Crippen molar-refractivity contribution >= 4 is 6.16 Å². The van der Waals surface area contributed by atoms with E-state index in [0.717, 1.165) is 0 Å². The zero-order valence-electron chi connectivity index (χ0n) is 6.37. The van der Waals surface area contributed by atoms with Crippen LogP contribution >= 0.6 is 0 Å². The Hall–Kier alpha value is -1.25. The minimum atomic E-state index is -0.618. The molecule has 0 aromatic carbocycles.